The van der Waals surface area contributed by atoms with E-state index in [-0.39, 0.29) is 17.9 Å². The summed E-state index contributed by atoms with van der Waals surface area (Å²) in [6, 6.07) is 7.11. The van der Waals surface area contributed by atoms with Crippen LogP contribution in [0.1, 0.15) is 12.8 Å². The van der Waals surface area contributed by atoms with Crippen LogP contribution >= 0.6 is 15.9 Å². The number of halogens is 1. The molecule has 2 aliphatic heterocycles. The first-order chi connectivity index (χ1) is 10.9. The monoisotopic (exact) mass is 401 g/mol. The molecule has 6 nitrogen and oxygen atoms in total. The van der Waals surface area contributed by atoms with Gasteiger partial charge in [0, 0.05) is 29.5 Å². The SMILES string of the molecule is NC(=O)C1CCN(C2CN(S(=O)(=O)c3ccccc3Br)C2)CC1. The first-order valence-corrected chi connectivity index (χ1v) is 9.91. The van der Waals surface area contributed by atoms with Crippen LogP contribution < -0.4 is 5.73 Å². The number of hydrogen-bond acceptors (Lipinski definition) is 4. The molecule has 0 aromatic heterocycles. The summed E-state index contributed by atoms with van der Waals surface area (Å²) in [6.07, 6.45) is 1.53. The fourth-order valence-corrected chi connectivity index (χ4v) is 5.66. The lowest BCUT2D eigenvalue weighted by Gasteiger charge is -2.46. The molecule has 126 valence electrons. The van der Waals surface area contributed by atoms with Crippen LogP contribution in [0.2, 0.25) is 0 Å². The summed E-state index contributed by atoms with van der Waals surface area (Å²) in [5, 5.41) is 0. The number of rotatable bonds is 4. The van der Waals surface area contributed by atoms with Gasteiger partial charge in [0.15, 0.2) is 0 Å². The number of likely N-dealkylation sites (tertiary alicyclic amines) is 1. The van der Waals surface area contributed by atoms with Crippen LogP contribution in [-0.2, 0) is 14.8 Å². The molecule has 0 radical (unpaired) electrons. The van der Waals surface area contributed by atoms with Crippen LogP contribution in [0, 0.1) is 5.92 Å². The molecule has 2 fully saturated rings. The second-order valence-electron chi connectivity index (χ2n) is 6.12. The van der Waals surface area contributed by atoms with Gasteiger partial charge in [0.05, 0.1) is 4.90 Å². The van der Waals surface area contributed by atoms with Crippen LogP contribution in [0.15, 0.2) is 33.6 Å². The number of primary amides is 1. The topological polar surface area (TPSA) is 83.7 Å². The minimum absolute atomic E-state index is 0.0357. The largest absolute Gasteiger partial charge is 0.369 e. The van der Waals surface area contributed by atoms with E-state index in [9.17, 15) is 13.2 Å². The summed E-state index contributed by atoms with van der Waals surface area (Å²) in [5.74, 6) is -0.261. The Morgan fingerprint density at radius 2 is 1.78 bits per heavy atom. The van der Waals surface area contributed by atoms with Gasteiger partial charge in [-0.25, -0.2) is 8.42 Å². The number of benzene rings is 1. The van der Waals surface area contributed by atoms with Crippen molar-refractivity contribution in [2.24, 2.45) is 11.7 Å². The Bertz CT molecular complexity index is 696. The molecule has 0 spiro atoms. The average molecular weight is 402 g/mol. The predicted molar refractivity (Wildman–Crippen MR) is 90.2 cm³/mol. The highest BCUT2D eigenvalue weighted by molar-refractivity contribution is 9.10. The molecule has 1 amide bonds. The van der Waals surface area contributed by atoms with E-state index in [1.165, 1.54) is 4.31 Å². The van der Waals surface area contributed by atoms with Gasteiger partial charge < -0.3 is 5.73 Å². The summed E-state index contributed by atoms with van der Waals surface area (Å²) >= 11 is 3.31. The summed E-state index contributed by atoms with van der Waals surface area (Å²) in [7, 11) is -3.44. The van der Waals surface area contributed by atoms with Gasteiger partial charge in [-0.1, -0.05) is 12.1 Å². The molecule has 2 saturated heterocycles. The number of hydrogen-bond donors (Lipinski definition) is 1. The summed E-state index contributed by atoms with van der Waals surface area (Å²) in [5.41, 5.74) is 5.34. The van der Waals surface area contributed by atoms with Crippen LogP contribution in [0.4, 0.5) is 0 Å². The van der Waals surface area contributed by atoms with Crippen LogP contribution in [-0.4, -0.2) is 55.8 Å². The van der Waals surface area contributed by atoms with Crippen molar-refractivity contribution in [1.29, 1.82) is 0 Å². The summed E-state index contributed by atoms with van der Waals surface area (Å²) < 4.78 is 27.3. The molecular weight excluding hydrogens is 382 g/mol. The summed E-state index contributed by atoms with van der Waals surface area (Å²) in [6.45, 7) is 2.62. The number of sulfonamides is 1. The number of carbonyl (C=O) groups excluding carboxylic acids is 1. The fraction of sp³-hybridized carbons (Fsp3) is 0.533. The van der Waals surface area contributed by atoms with Crippen LogP contribution in [0.3, 0.4) is 0 Å². The van der Waals surface area contributed by atoms with E-state index in [0.29, 0.717) is 22.5 Å². The maximum Gasteiger partial charge on any atom is 0.244 e. The molecular formula is C15H20BrN3O3S. The Balaban J connectivity index is 1.59. The van der Waals surface area contributed by atoms with E-state index in [4.69, 9.17) is 5.73 Å². The normalized spacial score (nSPS) is 22.0. The lowest BCUT2D eigenvalue weighted by atomic mass is 9.94. The van der Waals surface area contributed by atoms with Crippen LogP contribution in [0.25, 0.3) is 0 Å². The van der Waals surface area contributed by atoms with E-state index >= 15 is 0 Å². The maximum atomic E-state index is 12.6. The van der Waals surface area contributed by atoms with Gasteiger partial charge in [0.2, 0.25) is 15.9 Å². The predicted octanol–water partition coefficient (Wildman–Crippen LogP) is 1.02. The molecule has 1 aromatic rings. The second kappa shape index (κ2) is 6.51. The number of piperidine rings is 1. The fourth-order valence-electron chi connectivity index (χ4n) is 3.19. The first-order valence-electron chi connectivity index (χ1n) is 7.67. The van der Waals surface area contributed by atoms with Gasteiger partial charge >= 0.3 is 0 Å². The Morgan fingerprint density at radius 1 is 1.17 bits per heavy atom. The lowest BCUT2D eigenvalue weighted by molar-refractivity contribution is -0.123. The molecule has 0 atom stereocenters. The van der Waals surface area contributed by atoms with Gasteiger partial charge in [-0.2, -0.15) is 4.31 Å². The standard InChI is InChI=1S/C15H20BrN3O3S/c16-13-3-1-2-4-14(13)23(21,22)19-9-12(10-19)18-7-5-11(6-8-18)15(17)20/h1-4,11-12H,5-10H2,(H2,17,20). The summed E-state index contributed by atoms with van der Waals surface area (Å²) in [4.78, 5) is 13.8. The average Bonchev–Trinajstić information content (AvgIpc) is 2.46. The molecule has 23 heavy (non-hydrogen) atoms. The third-order valence-corrected chi connectivity index (χ3v) is 7.58. The Kier molecular flexibility index (Phi) is 4.78. The van der Waals surface area contributed by atoms with E-state index < -0.39 is 10.0 Å². The van der Waals surface area contributed by atoms with Crippen molar-refractivity contribution in [2.45, 2.75) is 23.8 Å². The van der Waals surface area contributed by atoms with Crippen molar-refractivity contribution in [3.8, 4) is 0 Å². The quantitative estimate of drug-likeness (QED) is 0.815. The highest BCUT2D eigenvalue weighted by Crippen LogP contribution is 2.30. The minimum Gasteiger partial charge on any atom is -0.369 e. The van der Waals surface area contributed by atoms with Gasteiger partial charge in [-0.3, -0.25) is 9.69 Å². The third-order valence-electron chi connectivity index (χ3n) is 4.73. The van der Waals surface area contributed by atoms with Gasteiger partial charge in [-0.05, 0) is 54.0 Å². The zero-order chi connectivity index (χ0) is 16.6. The first kappa shape index (κ1) is 16.9. The van der Waals surface area contributed by atoms with Gasteiger partial charge in [-0.15, -0.1) is 0 Å². The smallest absolute Gasteiger partial charge is 0.244 e. The molecule has 0 bridgehead atoms. The number of amides is 1. The highest BCUT2D eigenvalue weighted by atomic mass is 79.9. The van der Waals surface area contributed by atoms with Gasteiger partial charge in [0.1, 0.15) is 0 Å². The molecule has 2 aliphatic rings. The van der Waals surface area contributed by atoms with Gasteiger partial charge in [0.25, 0.3) is 0 Å². The molecule has 0 saturated carbocycles. The van der Waals surface area contributed by atoms with E-state index in [2.05, 4.69) is 20.8 Å². The molecule has 0 aliphatic carbocycles. The van der Waals surface area contributed by atoms with Crippen molar-refractivity contribution in [3.63, 3.8) is 0 Å². The van der Waals surface area contributed by atoms with E-state index in [1.807, 2.05) is 0 Å². The molecule has 2 heterocycles. The number of nitrogens with zero attached hydrogens (tertiary/aromatic N) is 2. The molecule has 0 unspecified atom stereocenters. The molecule has 1 aromatic carbocycles. The van der Waals surface area contributed by atoms with E-state index in [1.54, 1.807) is 24.3 Å². The zero-order valence-electron chi connectivity index (χ0n) is 12.7. The molecule has 2 N–H and O–H groups in total. The van der Waals surface area contributed by atoms with Crippen molar-refractivity contribution in [1.82, 2.24) is 9.21 Å². The maximum absolute atomic E-state index is 12.6. The number of nitrogens with two attached hydrogens (primary N) is 1. The highest BCUT2D eigenvalue weighted by Gasteiger charge is 2.41. The van der Waals surface area contributed by atoms with Crippen molar-refractivity contribution >= 4 is 31.9 Å². The Morgan fingerprint density at radius 3 is 2.35 bits per heavy atom. The lowest BCUT2D eigenvalue weighted by Crippen LogP contribution is -2.62. The molecule has 8 heteroatoms. The number of carbonyl (C=O) groups is 1. The van der Waals surface area contributed by atoms with E-state index in [0.717, 1.165) is 25.9 Å². The van der Waals surface area contributed by atoms with Crippen LogP contribution in [0.5, 0.6) is 0 Å². The zero-order valence-corrected chi connectivity index (χ0v) is 15.1. The second-order valence-corrected chi connectivity index (χ2v) is 8.88. The van der Waals surface area contributed by atoms with Crippen molar-refractivity contribution in [3.05, 3.63) is 28.7 Å². The Labute approximate surface area is 144 Å². The third kappa shape index (κ3) is 3.31. The minimum atomic E-state index is -3.44. The Hall–Kier alpha value is -0.960. The van der Waals surface area contributed by atoms with Crippen molar-refractivity contribution < 1.29 is 13.2 Å². The van der Waals surface area contributed by atoms with Crippen molar-refractivity contribution in [2.75, 3.05) is 26.2 Å². The molecule has 3 rings (SSSR count).